The van der Waals surface area contributed by atoms with Crippen molar-refractivity contribution in [2.75, 3.05) is 19.6 Å². The first kappa shape index (κ1) is 13.8. The zero-order chi connectivity index (χ0) is 15.4. The molecule has 3 aliphatic rings. The fourth-order valence-corrected chi connectivity index (χ4v) is 4.59. The van der Waals surface area contributed by atoms with Crippen molar-refractivity contribution in [2.24, 2.45) is 0 Å². The number of aliphatic hydroxyl groups excluding tert-OH is 1. The summed E-state index contributed by atoms with van der Waals surface area (Å²) in [5.74, 6) is 0.516. The second kappa shape index (κ2) is 5.19. The lowest BCUT2D eigenvalue weighted by atomic mass is 9.77. The molecule has 2 heteroatoms. The van der Waals surface area contributed by atoms with Crippen molar-refractivity contribution in [3.05, 3.63) is 69.8 Å². The van der Waals surface area contributed by atoms with Crippen molar-refractivity contribution in [3.8, 4) is 0 Å². The van der Waals surface area contributed by atoms with Crippen molar-refractivity contribution in [2.45, 2.75) is 37.7 Å². The van der Waals surface area contributed by atoms with Crippen molar-refractivity contribution in [3.63, 3.8) is 0 Å². The molecular formula is C21H23NO. The molecule has 23 heavy (non-hydrogen) atoms. The van der Waals surface area contributed by atoms with Gasteiger partial charge in [0.25, 0.3) is 0 Å². The number of benzene rings is 2. The van der Waals surface area contributed by atoms with E-state index in [-0.39, 0.29) is 6.10 Å². The lowest BCUT2D eigenvalue weighted by Gasteiger charge is -2.36. The predicted octanol–water partition coefficient (Wildman–Crippen LogP) is 3.08. The van der Waals surface area contributed by atoms with E-state index >= 15 is 0 Å². The molecule has 1 unspecified atom stereocenters. The van der Waals surface area contributed by atoms with Gasteiger partial charge in [-0.15, -0.1) is 0 Å². The molecule has 2 aliphatic carbocycles. The minimum atomic E-state index is -0.0879. The van der Waals surface area contributed by atoms with Gasteiger partial charge < -0.3 is 10.0 Å². The van der Waals surface area contributed by atoms with E-state index in [0.29, 0.717) is 5.92 Å². The van der Waals surface area contributed by atoms with E-state index in [2.05, 4.69) is 41.3 Å². The highest BCUT2D eigenvalue weighted by Crippen LogP contribution is 2.45. The second-order valence-corrected chi connectivity index (χ2v) is 7.41. The van der Waals surface area contributed by atoms with Gasteiger partial charge >= 0.3 is 0 Å². The normalized spacial score (nSPS) is 23.1. The Balaban J connectivity index is 1.52. The Hall–Kier alpha value is -1.64. The van der Waals surface area contributed by atoms with Gasteiger partial charge in [0.1, 0.15) is 0 Å². The summed E-state index contributed by atoms with van der Waals surface area (Å²) in [6.07, 6.45) is 4.05. The third-order valence-corrected chi connectivity index (χ3v) is 5.94. The lowest BCUT2D eigenvalue weighted by Crippen LogP contribution is -2.39. The Morgan fingerprint density at radius 2 is 1.70 bits per heavy atom. The van der Waals surface area contributed by atoms with Gasteiger partial charge in [-0.1, -0.05) is 36.4 Å². The van der Waals surface area contributed by atoms with Crippen LogP contribution in [0, 0.1) is 0 Å². The molecule has 1 fully saturated rings. The van der Waals surface area contributed by atoms with Crippen LogP contribution in [0.3, 0.4) is 0 Å². The first-order valence-corrected chi connectivity index (χ1v) is 8.91. The molecule has 5 rings (SSSR count). The van der Waals surface area contributed by atoms with Crippen LogP contribution in [0.4, 0.5) is 0 Å². The Kier molecular flexibility index (Phi) is 3.10. The van der Waals surface area contributed by atoms with E-state index in [0.717, 1.165) is 38.9 Å². The van der Waals surface area contributed by atoms with E-state index in [4.69, 9.17) is 0 Å². The topological polar surface area (TPSA) is 23.5 Å². The van der Waals surface area contributed by atoms with E-state index < -0.39 is 0 Å². The fourth-order valence-electron chi connectivity index (χ4n) is 4.59. The summed E-state index contributed by atoms with van der Waals surface area (Å²) in [5.41, 5.74) is 9.39. The van der Waals surface area contributed by atoms with Crippen LogP contribution in [0.2, 0.25) is 0 Å². The second-order valence-electron chi connectivity index (χ2n) is 7.41. The van der Waals surface area contributed by atoms with Gasteiger partial charge in [-0.3, -0.25) is 0 Å². The SMILES string of the molecule is OC1CCN(CC2c3ccccc3Cc3ccc4c(c32)C4)CC1. The molecule has 2 nitrogen and oxygen atoms in total. The first-order chi connectivity index (χ1) is 11.3. The minimum Gasteiger partial charge on any atom is -0.393 e. The molecule has 0 bridgehead atoms. The first-order valence-electron chi connectivity index (χ1n) is 8.91. The molecule has 1 heterocycles. The smallest absolute Gasteiger partial charge is 0.0564 e. The highest BCUT2D eigenvalue weighted by molar-refractivity contribution is 5.61. The quantitative estimate of drug-likeness (QED) is 0.786. The fraction of sp³-hybridized carbons (Fsp3) is 0.429. The number of piperidine rings is 1. The van der Waals surface area contributed by atoms with Gasteiger partial charge in [-0.2, -0.15) is 0 Å². The molecule has 1 atom stereocenters. The summed E-state index contributed by atoms with van der Waals surface area (Å²) < 4.78 is 0. The van der Waals surface area contributed by atoms with Gasteiger partial charge in [0.15, 0.2) is 0 Å². The van der Waals surface area contributed by atoms with Gasteiger partial charge in [0, 0.05) is 25.6 Å². The monoisotopic (exact) mass is 305 g/mol. The van der Waals surface area contributed by atoms with Crippen molar-refractivity contribution in [1.29, 1.82) is 0 Å². The molecule has 1 N–H and O–H groups in total. The highest BCUT2D eigenvalue weighted by atomic mass is 16.3. The largest absolute Gasteiger partial charge is 0.393 e. The molecule has 0 radical (unpaired) electrons. The maximum Gasteiger partial charge on any atom is 0.0564 e. The Morgan fingerprint density at radius 3 is 2.57 bits per heavy atom. The third-order valence-electron chi connectivity index (χ3n) is 5.94. The molecule has 2 aromatic carbocycles. The maximum atomic E-state index is 9.77. The number of hydrogen-bond acceptors (Lipinski definition) is 2. The van der Waals surface area contributed by atoms with Crippen LogP contribution in [-0.4, -0.2) is 35.7 Å². The van der Waals surface area contributed by atoms with E-state index in [1.165, 1.54) is 17.5 Å². The van der Waals surface area contributed by atoms with Crippen LogP contribution in [0.1, 0.15) is 52.1 Å². The number of rotatable bonds is 2. The molecule has 0 aromatic heterocycles. The van der Waals surface area contributed by atoms with Gasteiger partial charge in [-0.25, -0.2) is 0 Å². The van der Waals surface area contributed by atoms with Crippen LogP contribution in [-0.2, 0) is 12.8 Å². The number of aliphatic hydroxyl groups is 1. The predicted molar refractivity (Wildman–Crippen MR) is 92.0 cm³/mol. The average molecular weight is 305 g/mol. The summed E-state index contributed by atoms with van der Waals surface area (Å²) >= 11 is 0. The van der Waals surface area contributed by atoms with Gasteiger partial charge in [-0.05, 0) is 59.1 Å². The molecule has 1 aliphatic heterocycles. The lowest BCUT2D eigenvalue weighted by molar-refractivity contribution is 0.0810. The van der Waals surface area contributed by atoms with E-state index in [1.807, 2.05) is 0 Å². The van der Waals surface area contributed by atoms with Crippen molar-refractivity contribution < 1.29 is 5.11 Å². The molecule has 2 aromatic rings. The number of hydrogen-bond donors (Lipinski definition) is 1. The molecule has 0 amide bonds. The molecular weight excluding hydrogens is 282 g/mol. The Labute approximate surface area is 137 Å². The highest BCUT2D eigenvalue weighted by Gasteiger charge is 2.34. The number of fused-ring (bicyclic) bond motifs is 4. The van der Waals surface area contributed by atoms with Gasteiger partial charge in [0.2, 0.25) is 0 Å². The minimum absolute atomic E-state index is 0.0879. The standard InChI is InChI=1S/C21H23NO/c23-17-7-9-22(10-8-17)13-20-18-4-2-1-3-14(18)11-16-6-5-15-12-19(15)21(16)20/h1-6,17,20,23H,7-13H2. The van der Waals surface area contributed by atoms with Crippen LogP contribution >= 0.6 is 0 Å². The van der Waals surface area contributed by atoms with E-state index in [9.17, 15) is 5.11 Å². The molecule has 0 spiro atoms. The van der Waals surface area contributed by atoms with Crippen LogP contribution in [0.5, 0.6) is 0 Å². The summed E-state index contributed by atoms with van der Waals surface area (Å²) in [7, 11) is 0. The maximum absolute atomic E-state index is 9.77. The third kappa shape index (κ3) is 2.32. The van der Waals surface area contributed by atoms with Gasteiger partial charge in [0.05, 0.1) is 6.10 Å². The zero-order valence-corrected chi connectivity index (χ0v) is 13.5. The Morgan fingerprint density at radius 1 is 0.913 bits per heavy atom. The average Bonchev–Trinajstić information content (AvgIpc) is 3.36. The van der Waals surface area contributed by atoms with Crippen LogP contribution < -0.4 is 0 Å². The van der Waals surface area contributed by atoms with Crippen molar-refractivity contribution in [1.82, 2.24) is 4.90 Å². The molecule has 118 valence electrons. The molecule has 0 saturated carbocycles. The van der Waals surface area contributed by atoms with E-state index in [1.54, 1.807) is 22.3 Å². The summed E-state index contributed by atoms with van der Waals surface area (Å²) in [6, 6.07) is 13.7. The summed E-state index contributed by atoms with van der Waals surface area (Å²) in [5, 5.41) is 9.77. The van der Waals surface area contributed by atoms with Crippen LogP contribution in [0.15, 0.2) is 36.4 Å². The number of likely N-dealkylation sites (tertiary alicyclic amines) is 1. The Bertz CT molecular complexity index is 758. The summed E-state index contributed by atoms with van der Waals surface area (Å²) in [4.78, 5) is 2.56. The van der Waals surface area contributed by atoms with Crippen molar-refractivity contribution >= 4 is 0 Å². The summed E-state index contributed by atoms with van der Waals surface area (Å²) in [6.45, 7) is 3.17. The zero-order valence-electron chi connectivity index (χ0n) is 13.5. The molecule has 1 saturated heterocycles. The van der Waals surface area contributed by atoms with Crippen LogP contribution in [0.25, 0.3) is 0 Å². The number of nitrogens with zero attached hydrogens (tertiary/aromatic N) is 1.